The number of rotatable bonds is 17. The molecule has 0 radical (unpaired) electrons. The van der Waals surface area contributed by atoms with Crippen molar-refractivity contribution in [1.82, 2.24) is 0 Å². The zero-order valence-electron chi connectivity index (χ0n) is 16.6. The van der Waals surface area contributed by atoms with Gasteiger partial charge in [0.15, 0.2) is 0 Å². The Balaban J connectivity index is 4.40. The number of unbranched alkanes of at least 4 members (excludes halogenated alkanes) is 8. The van der Waals surface area contributed by atoms with E-state index in [4.69, 9.17) is 0 Å². The predicted molar refractivity (Wildman–Crippen MR) is 112 cm³/mol. The lowest BCUT2D eigenvalue weighted by Crippen LogP contribution is -2.02. The number of allylic oxidation sites excluding steroid dienone is 6. The van der Waals surface area contributed by atoms with Crippen LogP contribution in [0.1, 0.15) is 97.3 Å². The molecule has 0 spiro atoms. The fourth-order valence-electron chi connectivity index (χ4n) is 3.29. The maximum Gasteiger partial charge on any atom is -0.0250 e. The summed E-state index contributed by atoms with van der Waals surface area (Å²) in [6, 6.07) is 0. The zero-order valence-corrected chi connectivity index (χ0v) is 16.6. The van der Waals surface area contributed by atoms with Crippen LogP contribution in [-0.4, -0.2) is 0 Å². The average molecular weight is 331 g/mol. The van der Waals surface area contributed by atoms with E-state index in [0.717, 1.165) is 5.92 Å². The minimum absolute atomic E-state index is 0.828. The van der Waals surface area contributed by atoms with Gasteiger partial charge in [-0.15, -0.1) is 0 Å². The molecule has 0 heterocycles. The van der Waals surface area contributed by atoms with Gasteiger partial charge in [0.2, 0.25) is 0 Å². The van der Waals surface area contributed by atoms with Crippen molar-refractivity contribution in [2.45, 2.75) is 97.3 Å². The van der Waals surface area contributed by atoms with Crippen LogP contribution >= 0.6 is 0 Å². The van der Waals surface area contributed by atoms with E-state index in [0.29, 0.717) is 0 Å². The molecule has 0 amide bonds. The third-order valence-corrected chi connectivity index (χ3v) is 4.73. The van der Waals surface area contributed by atoms with Crippen molar-refractivity contribution in [3.05, 3.63) is 49.1 Å². The summed E-state index contributed by atoms with van der Waals surface area (Å²) >= 11 is 0. The Hall–Kier alpha value is -1.04. The van der Waals surface area contributed by atoms with Gasteiger partial charge >= 0.3 is 0 Å². The summed E-state index contributed by atoms with van der Waals surface area (Å²) in [5.41, 5.74) is 1.40. The zero-order chi connectivity index (χ0) is 17.9. The lowest BCUT2D eigenvalue weighted by molar-refractivity contribution is 0.403. The molecule has 0 aromatic rings. The first-order chi connectivity index (χ1) is 11.8. The Morgan fingerprint density at radius 3 is 1.75 bits per heavy atom. The summed E-state index contributed by atoms with van der Waals surface area (Å²) in [5, 5.41) is 0. The molecule has 138 valence electrons. The van der Waals surface area contributed by atoms with E-state index in [2.05, 4.69) is 45.2 Å². The molecule has 0 rings (SSSR count). The predicted octanol–water partition coefficient (Wildman–Crippen LogP) is 8.57. The highest BCUT2D eigenvalue weighted by Crippen LogP contribution is 2.26. The number of hydrogen-bond donors (Lipinski definition) is 0. The summed E-state index contributed by atoms with van der Waals surface area (Å²) < 4.78 is 0. The van der Waals surface area contributed by atoms with Crippen LogP contribution in [0.15, 0.2) is 49.1 Å². The first-order valence-corrected chi connectivity index (χ1v) is 10.4. The molecular weight excluding hydrogens is 288 g/mol. The molecule has 0 aromatic heterocycles. The van der Waals surface area contributed by atoms with Crippen molar-refractivity contribution >= 4 is 0 Å². The van der Waals surface area contributed by atoms with E-state index in [1.807, 2.05) is 12.2 Å². The molecule has 0 bridgehead atoms. The highest BCUT2D eigenvalue weighted by molar-refractivity contribution is 5.25. The van der Waals surface area contributed by atoms with Gasteiger partial charge in [-0.25, -0.2) is 0 Å². The molecule has 0 fully saturated rings. The van der Waals surface area contributed by atoms with Crippen LogP contribution in [0.25, 0.3) is 0 Å². The third-order valence-electron chi connectivity index (χ3n) is 4.73. The largest absolute Gasteiger partial charge is 0.0991 e. The first kappa shape index (κ1) is 23.0. The van der Waals surface area contributed by atoms with Crippen molar-refractivity contribution in [3.63, 3.8) is 0 Å². The summed E-state index contributed by atoms with van der Waals surface area (Å²) in [6.07, 6.45) is 28.0. The van der Waals surface area contributed by atoms with Gasteiger partial charge in [-0.1, -0.05) is 134 Å². The highest BCUT2D eigenvalue weighted by atomic mass is 14.2. The van der Waals surface area contributed by atoms with Gasteiger partial charge in [0.1, 0.15) is 0 Å². The van der Waals surface area contributed by atoms with Crippen molar-refractivity contribution in [3.8, 4) is 0 Å². The van der Waals surface area contributed by atoms with Crippen LogP contribution in [0.4, 0.5) is 0 Å². The molecule has 0 aliphatic heterocycles. The molecule has 0 atom stereocenters. The average Bonchev–Trinajstić information content (AvgIpc) is 2.59. The molecule has 0 heteroatoms. The molecule has 24 heavy (non-hydrogen) atoms. The molecule has 0 aliphatic rings. The van der Waals surface area contributed by atoms with Crippen LogP contribution < -0.4 is 0 Å². The molecular formula is C24H42. The van der Waals surface area contributed by atoms with Crippen LogP contribution in [0.5, 0.6) is 0 Å². The fraction of sp³-hybridized carbons (Fsp3) is 0.667. The van der Waals surface area contributed by atoms with Gasteiger partial charge in [0, 0.05) is 0 Å². The second-order valence-electron chi connectivity index (χ2n) is 7.05. The molecule has 0 saturated heterocycles. The van der Waals surface area contributed by atoms with Gasteiger partial charge in [0.25, 0.3) is 0 Å². The summed E-state index contributed by atoms with van der Waals surface area (Å²) in [6.45, 7) is 12.2. The van der Waals surface area contributed by atoms with Crippen molar-refractivity contribution in [2.24, 2.45) is 5.92 Å². The van der Waals surface area contributed by atoms with Gasteiger partial charge in [-0.3, -0.25) is 0 Å². The smallest absolute Gasteiger partial charge is 0.0250 e. The normalized spacial score (nSPS) is 12.2. The van der Waals surface area contributed by atoms with Gasteiger partial charge in [-0.05, 0) is 17.9 Å². The lowest BCUT2D eigenvalue weighted by Gasteiger charge is -2.18. The first-order valence-electron chi connectivity index (χ1n) is 10.4. The maximum atomic E-state index is 3.87. The quantitative estimate of drug-likeness (QED) is 0.185. The van der Waals surface area contributed by atoms with Gasteiger partial charge in [0.05, 0.1) is 0 Å². The maximum absolute atomic E-state index is 3.87. The van der Waals surface area contributed by atoms with E-state index in [1.54, 1.807) is 0 Å². The monoisotopic (exact) mass is 330 g/mol. The Morgan fingerprint density at radius 1 is 0.750 bits per heavy atom. The van der Waals surface area contributed by atoms with Gasteiger partial charge in [-0.2, -0.15) is 0 Å². The minimum Gasteiger partial charge on any atom is -0.0991 e. The lowest BCUT2D eigenvalue weighted by atomic mass is 9.88. The SMILES string of the molecule is C=C/C=C\C(=C/C=C)CC(CCCCCCC)CCCCCCC. The molecule has 0 unspecified atom stereocenters. The van der Waals surface area contributed by atoms with Crippen molar-refractivity contribution in [2.75, 3.05) is 0 Å². The van der Waals surface area contributed by atoms with E-state index < -0.39 is 0 Å². The molecule has 0 N–H and O–H groups in total. The van der Waals surface area contributed by atoms with Crippen molar-refractivity contribution < 1.29 is 0 Å². The summed E-state index contributed by atoms with van der Waals surface area (Å²) in [7, 11) is 0. The Labute approximate surface area is 152 Å². The second kappa shape index (κ2) is 18.3. The van der Waals surface area contributed by atoms with Crippen LogP contribution in [0.3, 0.4) is 0 Å². The van der Waals surface area contributed by atoms with Gasteiger partial charge < -0.3 is 0 Å². The van der Waals surface area contributed by atoms with Crippen molar-refractivity contribution in [1.29, 1.82) is 0 Å². The Kier molecular flexibility index (Phi) is 17.5. The van der Waals surface area contributed by atoms with Crippen LogP contribution in [0, 0.1) is 5.92 Å². The summed E-state index contributed by atoms with van der Waals surface area (Å²) in [4.78, 5) is 0. The Bertz CT molecular complexity index is 331. The van der Waals surface area contributed by atoms with Crippen LogP contribution in [-0.2, 0) is 0 Å². The van der Waals surface area contributed by atoms with E-state index >= 15 is 0 Å². The second-order valence-corrected chi connectivity index (χ2v) is 7.05. The summed E-state index contributed by atoms with van der Waals surface area (Å²) in [5.74, 6) is 0.828. The number of hydrogen-bond acceptors (Lipinski definition) is 0. The van der Waals surface area contributed by atoms with E-state index in [9.17, 15) is 0 Å². The van der Waals surface area contributed by atoms with Crippen LogP contribution in [0.2, 0.25) is 0 Å². The standard InChI is InChI=1S/C24H42/c1-5-9-12-14-16-20-24(21-17-15-13-10-6-2)22-23(18-8-4)19-11-7-3/h7-8,11,18-19,24H,3-6,9-10,12-17,20-22H2,1-2H3/b19-11-,23-18+. The Morgan fingerprint density at radius 2 is 1.29 bits per heavy atom. The topological polar surface area (TPSA) is 0 Å². The minimum atomic E-state index is 0.828. The third kappa shape index (κ3) is 14.5. The molecule has 0 aliphatic carbocycles. The molecule has 0 saturated carbocycles. The molecule has 0 aromatic carbocycles. The van der Waals surface area contributed by atoms with E-state index in [1.165, 1.54) is 89.0 Å². The molecule has 0 nitrogen and oxygen atoms in total. The van der Waals surface area contributed by atoms with E-state index in [-0.39, 0.29) is 0 Å². The highest BCUT2D eigenvalue weighted by Gasteiger charge is 2.10. The fourth-order valence-corrected chi connectivity index (χ4v) is 3.29.